The summed E-state index contributed by atoms with van der Waals surface area (Å²) in [6.07, 6.45) is 0. The zero-order valence-corrected chi connectivity index (χ0v) is 13.0. The van der Waals surface area contributed by atoms with E-state index in [-0.39, 0.29) is 26.6 Å². The quantitative estimate of drug-likeness (QED) is 0.831. The summed E-state index contributed by atoms with van der Waals surface area (Å²) in [6, 6.07) is 7.19. The Kier molecular flexibility index (Phi) is 4.46. The van der Waals surface area contributed by atoms with E-state index < -0.39 is 16.0 Å². The number of benzene rings is 1. The second-order valence-corrected chi connectivity index (χ2v) is 6.42. The molecule has 0 radical (unpaired) electrons. The highest BCUT2D eigenvalue weighted by Crippen LogP contribution is 2.30. The van der Waals surface area contributed by atoms with Crippen LogP contribution in [0.4, 0.5) is 5.82 Å². The van der Waals surface area contributed by atoms with Gasteiger partial charge in [-0.3, -0.25) is 9.52 Å². The van der Waals surface area contributed by atoms with E-state index in [2.05, 4.69) is 9.71 Å². The van der Waals surface area contributed by atoms with Gasteiger partial charge in [-0.05, 0) is 18.2 Å². The molecule has 0 amide bonds. The van der Waals surface area contributed by atoms with Crippen molar-refractivity contribution in [2.45, 2.75) is 11.8 Å². The minimum absolute atomic E-state index is 0.00163. The van der Waals surface area contributed by atoms with Gasteiger partial charge in [0.1, 0.15) is 10.7 Å². The van der Waals surface area contributed by atoms with E-state index in [0.717, 1.165) is 0 Å². The Morgan fingerprint density at radius 1 is 1.19 bits per heavy atom. The Labute approximate surface area is 131 Å². The van der Waals surface area contributed by atoms with Crippen molar-refractivity contribution >= 4 is 45.0 Å². The molecule has 0 saturated carbocycles. The number of rotatable bonds is 4. The van der Waals surface area contributed by atoms with Gasteiger partial charge in [-0.1, -0.05) is 29.3 Å². The predicted octanol–water partition coefficient (Wildman–Crippen LogP) is 3.05. The number of anilines is 1. The number of hydrogen-bond donors (Lipinski definition) is 2. The second-order valence-electron chi connectivity index (χ2n) is 3.99. The molecule has 2 aromatic rings. The van der Waals surface area contributed by atoms with Gasteiger partial charge in [0.2, 0.25) is 5.88 Å². The van der Waals surface area contributed by atoms with Crippen molar-refractivity contribution in [1.82, 2.24) is 4.98 Å². The standard InChI is InChI=1S/C12H10Cl2N2O4S/c1-7(17)20-11-6-5-10(15-11)16-21(18,19)12-8(13)3-2-4-9(12)14/h2-6,15-16H,1H3. The van der Waals surface area contributed by atoms with Crippen LogP contribution >= 0.6 is 23.2 Å². The fourth-order valence-electron chi connectivity index (χ4n) is 1.58. The number of esters is 1. The van der Waals surface area contributed by atoms with Gasteiger partial charge in [-0.15, -0.1) is 0 Å². The lowest BCUT2D eigenvalue weighted by atomic mass is 10.4. The fourth-order valence-corrected chi connectivity index (χ4v) is 3.75. The Bertz CT molecular complexity index is 766. The number of nitrogens with one attached hydrogen (secondary N) is 2. The summed E-state index contributed by atoms with van der Waals surface area (Å²) in [4.78, 5) is 13.2. The first-order valence-electron chi connectivity index (χ1n) is 5.64. The van der Waals surface area contributed by atoms with Crippen LogP contribution in [-0.4, -0.2) is 19.4 Å². The molecule has 2 rings (SSSR count). The maximum atomic E-state index is 12.3. The number of aromatic amines is 1. The molecule has 1 heterocycles. The summed E-state index contributed by atoms with van der Waals surface area (Å²) >= 11 is 11.7. The second kappa shape index (κ2) is 5.97. The summed E-state index contributed by atoms with van der Waals surface area (Å²) in [5.74, 6) is -0.298. The van der Waals surface area contributed by atoms with Crippen LogP contribution in [0.15, 0.2) is 35.2 Å². The Morgan fingerprint density at radius 3 is 2.38 bits per heavy atom. The van der Waals surface area contributed by atoms with Crippen molar-refractivity contribution < 1.29 is 17.9 Å². The van der Waals surface area contributed by atoms with E-state index in [1.165, 1.54) is 37.3 Å². The number of halogens is 2. The number of hydrogen-bond acceptors (Lipinski definition) is 4. The molecule has 1 aromatic heterocycles. The van der Waals surface area contributed by atoms with E-state index >= 15 is 0 Å². The van der Waals surface area contributed by atoms with Gasteiger partial charge < -0.3 is 9.72 Å². The fraction of sp³-hybridized carbons (Fsp3) is 0.0833. The molecular weight excluding hydrogens is 339 g/mol. The van der Waals surface area contributed by atoms with Crippen LogP contribution in [-0.2, 0) is 14.8 Å². The Balaban J connectivity index is 2.29. The third kappa shape index (κ3) is 3.69. The van der Waals surface area contributed by atoms with Crippen LogP contribution in [0.25, 0.3) is 0 Å². The molecule has 21 heavy (non-hydrogen) atoms. The molecule has 1 aromatic carbocycles. The summed E-state index contributed by atoms with van der Waals surface area (Å²) in [6.45, 7) is 1.23. The largest absolute Gasteiger partial charge is 0.410 e. The molecule has 0 bridgehead atoms. The van der Waals surface area contributed by atoms with Crippen molar-refractivity contribution in [3.63, 3.8) is 0 Å². The first-order valence-corrected chi connectivity index (χ1v) is 7.88. The number of aromatic nitrogens is 1. The third-order valence-corrected chi connectivity index (χ3v) is 4.66. The minimum atomic E-state index is -3.98. The average molecular weight is 349 g/mol. The van der Waals surface area contributed by atoms with Crippen LogP contribution in [0.2, 0.25) is 10.0 Å². The first-order chi connectivity index (χ1) is 9.79. The smallest absolute Gasteiger partial charge is 0.309 e. The van der Waals surface area contributed by atoms with Gasteiger partial charge in [0.15, 0.2) is 0 Å². The SMILES string of the molecule is CC(=O)Oc1ccc(NS(=O)(=O)c2c(Cl)cccc2Cl)[nH]1. The molecule has 0 atom stereocenters. The van der Waals surface area contributed by atoms with Gasteiger partial charge in [0, 0.05) is 13.0 Å². The average Bonchev–Trinajstić information content (AvgIpc) is 2.73. The monoisotopic (exact) mass is 348 g/mol. The molecular formula is C12H10Cl2N2O4S. The van der Waals surface area contributed by atoms with Crippen molar-refractivity contribution in [3.8, 4) is 5.88 Å². The van der Waals surface area contributed by atoms with E-state index in [9.17, 15) is 13.2 Å². The lowest BCUT2D eigenvalue weighted by molar-refractivity contribution is -0.132. The molecule has 0 unspecified atom stereocenters. The molecule has 0 spiro atoms. The van der Waals surface area contributed by atoms with Gasteiger partial charge in [0.25, 0.3) is 10.0 Å². The van der Waals surface area contributed by atoms with E-state index in [0.29, 0.717) is 0 Å². The van der Waals surface area contributed by atoms with Crippen molar-refractivity contribution in [3.05, 3.63) is 40.4 Å². The molecule has 112 valence electrons. The lowest BCUT2D eigenvalue weighted by Gasteiger charge is -2.09. The maximum Gasteiger partial charge on any atom is 0.309 e. The zero-order valence-electron chi connectivity index (χ0n) is 10.7. The van der Waals surface area contributed by atoms with Crippen molar-refractivity contribution in [1.29, 1.82) is 0 Å². The molecule has 0 aliphatic carbocycles. The van der Waals surface area contributed by atoms with Crippen LogP contribution in [0, 0.1) is 0 Å². The van der Waals surface area contributed by atoms with Gasteiger partial charge in [-0.2, -0.15) is 0 Å². The maximum absolute atomic E-state index is 12.3. The lowest BCUT2D eigenvalue weighted by Crippen LogP contribution is -2.14. The predicted molar refractivity (Wildman–Crippen MR) is 79.4 cm³/mol. The van der Waals surface area contributed by atoms with Crippen LogP contribution in [0.5, 0.6) is 5.88 Å². The van der Waals surface area contributed by atoms with E-state index in [4.69, 9.17) is 27.9 Å². The van der Waals surface area contributed by atoms with Crippen LogP contribution in [0.1, 0.15) is 6.92 Å². The number of H-pyrrole nitrogens is 1. The summed E-state index contributed by atoms with van der Waals surface area (Å²) in [5, 5.41) is 0.00327. The van der Waals surface area contributed by atoms with E-state index in [1.807, 2.05) is 0 Å². The summed E-state index contributed by atoms with van der Waals surface area (Å²) in [5.41, 5.74) is 0. The van der Waals surface area contributed by atoms with Gasteiger partial charge in [-0.25, -0.2) is 8.42 Å². The van der Waals surface area contributed by atoms with Crippen molar-refractivity contribution in [2.75, 3.05) is 4.72 Å². The number of carbonyl (C=O) groups excluding carboxylic acids is 1. The van der Waals surface area contributed by atoms with Crippen molar-refractivity contribution in [2.24, 2.45) is 0 Å². The van der Waals surface area contributed by atoms with Gasteiger partial charge in [0.05, 0.1) is 10.0 Å². The summed E-state index contributed by atoms with van der Waals surface area (Å²) < 4.78 is 31.6. The number of sulfonamides is 1. The highest BCUT2D eigenvalue weighted by Gasteiger charge is 2.22. The molecule has 2 N–H and O–H groups in total. The molecule has 0 aliphatic rings. The van der Waals surface area contributed by atoms with Crippen LogP contribution < -0.4 is 9.46 Å². The number of carbonyl (C=O) groups is 1. The van der Waals surface area contributed by atoms with Crippen LogP contribution in [0.3, 0.4) is 0 Å². The molecule has 0 fully saturated rings. The number of ether oxygens (including phenoxy) is 1. The first kappa shape index (κ1) is 15.7. The summed E-state index contributed by atoms with van der Waals surface area (Å²) in [7, 11) is -3.98. The van der Waals surface area contributed by atoms with E-state index in [1.54, 1.807) is 0 Å². The highest BCUT2D eigenvalue weighted by atomic mass is 35.5. The molecule has 6 nitrogen and oxygen atoms in total. The Hall–Kier alpha value is -1.70. The molecule has 0 aliphatic heterocycles. The molecule has 0 saturated heterocycles. The highest BCUT2D eigenvalue weighted by molar-refractivity contribution is 7.93. The topological polar surface area (TPSA) is 88.3 Å². The molecule has 9 heteroatoms. The normalized spacial score (nSPS) is 11.2. The Morgan fingerprint density at radius 2 is 1.81 bits per heavy atom. The third-order valence-electron chi connectivity index (χ3n) is 2.34. The van der Waals surface area contributed by atoms with Gasteiger partial charge >= 0.3 is 5.97 Å². The minimum Gasteiger partial charge on any atom is -0.410 e. The zero-order chi connectivity index (χ0) is 15.6.